The summed E-state index contributed by atoms with van der Waals surface area (Å²) in [4.78, 5) is 11.3. The number of nitrogens with one attached hydrogen (secondary N) is 2. The number of hydrogen-bond donors (Lipinski definition) is 2. The molecule has 0 aliphatic rings. The second kappa shape index (κ2) is 7.44. The molecule has 0 fully saturated rings. The third kappa shape index (κ3) is 5.15. The van der Waals surface area contributed by atoms with Gasteiger partial charge in [0.2, 0.25) is 0 Å². The van der Waals surface area contributed by atoms with Crippen LogP contribution in [0.15, 0.2) is 30.3 Å². The van der Waals surface area contributed by atoms with Gasteiger partial charge < -0.3 is 4.74 Å². The average molecular weight is 234 g/mol. The summed E-state index contributed by atoms with van der Waals surface area (Å²) in [5.74, 6) is 0.0612. The first kappa shape index (κ1) is 13.2. The summed E-state index contributed by atoms with van der Waals surface area (Å²) in [5, 5.41) is 10.1. The zero-order valence-corrected chi connectivity index (χ0v) is 10.0. The van der Waals surface area contributed by atoms with Crippen molar-refractivity contribution in [2.75, 3.05) is 6.61 Å². The van der Waals surface area contributed by atoms with Crippen LogP contribution < -0.4 is 5.32 Å². The van der Waals surface area contributed by atoms with Gasteiger partial charge in [-0.05, 0) is 6.42 Å². The van der Waals surface area contributed by atoms with Gasteiger partial charge >= 0.3 is 6.09 Å². The molecule has 1 rings (SSSR count). The highest BCUT2D eigenvalue weighted by Gasteiger charge is 2.06. The second-order valence-corrected chi connectivity index (χ2v) is 3.71. The number of rotatable bonds is 5. The fourth-order valence-corrected chi connectivity index (χ4v) is 1.33. The van der Waals surface area contributed by atoms with E-state index in [4.69, 9.17) is 10.1 Å². The molecular formula is C13H18N2O2. The van der Waals surface area contributed by atoms with E-state index in [-0.39, 0.29) is 5.84 Å². The summed E-state index contributed by atoms with van der Waals surface area (Å²) in [6.07, 6.45) is 2.44. The molecule has 1 aromatic carbocycles. The Morgan fingerprint density at radius 1 is 1.29 bits per heavy atom. The first-order valence-electron chi connectivity index (χ1n) is 5.81. The number of amides is 1. The largest absolute Gasteiger partial charge is 0.449 e. The van der Waals surface area contributed by atoms with Crippen LogP contribution in [0, 0.1) is 5.41 Å². The summed E-state index contributed by atoms with van der Waals surface area (Å²) < 4.78 is 4.95. The Morgan fingerprint density at radius 3 is 2.65 bits per heavy atom. The molecule has 17 heavy (non-hydrogen) atoms. The predicted molar refractivity (Wildman–Crippen MR) is 67.3 cm³/mol. The van der Waals surface area contributed by atoms with E-state index in [9.17, 15) is 4.79 Å². The van der Waals surface area contributed by atoms with Crippen molar-refractivity contribution in [3.05, 3.63) is 35.9 Å². The van der Waals surface area contributed by atoms with Crippen LogP contribution in [0.2, 0.25) is 0 Å². The van der Waals surface area contributed by atoms with Gasteiger partial charge in [-0.15, -0.1) is 0 Å². The van der Waals surface area contributed by atoms with Gasteiger partial charge in [-0.3, -0.25) is 10.7 Å². The molecule has 0 unspecified atom stereocenters. The quantitative estimate of drug-likeness (QED) is 0.467. The van der Waals surface area contributed by atoms with Crippen molar-refractivity contribution in [3.63, 3.8) is 0 Å². The number of carbonyl (C=O) groups excluding carboxylic acids is 1. The van der Waals surface area contributed by atoms with Crippen molar-refractivity contribution < 1.29 is 9.53 Å². The molecule has 0 aliphatic heterocycles. The van der Waals surface area contributed by atoms with Gasteiger partial charge in [0.15, 0.2) is 0 Å². The average Bonchev–Trinajstić information content (AvgIpc) is 2.36. The summed E-state index contributed by atoms with van der Waals surface area (Å²) in [5.41, 5.74) is 0.665. The Kier molecular flexibility index (Phi) is 5.79. The van der Waals surface area contributed by atoms with E-state index in [1.807, 2.05) is 18.2 Å². The third-order valence-electron chi connectivity index (χ3n) is 2.27. The van der Waals surface area contributed by atoms with Crippen LogP contribution in [-0.4, -0.2) is 18.5 Å². The van der Waals surface area contributed by atoms with Crippen LogP contribution in [0.25, 0.3) is 0 Å². The maximum Gasteiger partial charge on any atom is 0.412 e. The summed E-state index contributed by atoms with van der Waals surface area (Å²) in [6.45, 7) is 2.49. The summed E-state index contributed by atoms with van der Waals surface area (Å²) >= 11 is 0. The molecule has 0 radical (unpaired) electrons. The lowest BCUT2D eigenvalue weighted by Crippen LogP contribution is -2.31. The maximum absolute atomic E-state index is 11.3. The van der Waals surface area contributed by atoms with Crippen LogP contribution in [0.4, 0.5) is 4.79 Å². The Balaban J connectivity index is 2.29. The fourth-order valence-electron chi connectivity index (χ4n) is 1.33. The highest BCUT2D eigenvalue weighted by Crippen LogP contribution is 1.98. The number of unbranched alkanes of at least 4 members (excludes halogenated alkanes) is 2. The standard InChI is InChI=1S/C13H18N2O2/c1-2-3-7-10-17-13(16)15-12(14)11-8-5-4-6-9-11/h4-6,8-9H,2-3,7,10H2,1H3,(H2,14,15,16). The molecule has 0 saturated heterocycles. The van der Waals surface area contributed by atoms with Crippen LogP contribution in [0.5, 0.6) is 0 Å². The van der Waals surface area contributed by atoms with Crippen molar-refractivity contribution in [1.29, 1.82) is 5.41 Å². The SMILES string of the molecule is CCCCCOC(=O)NC(=N)c1ccccc1. The molecule has 1 amide bonds. The molecule has 0 heterocycles. The van der Waals surface area contributed by atoms with E-state index >= 15 is 0 Å². The van der Waals surface area contributed by atoms with Gasteiger partial charge in [0.1, 0.15) is 5.84 Å². The highest BCUT2D eigenvalue weighted by molar-refractivity contribution is 6.04. The van der Waals surface area contributed by atoms with Gasteiger partial charge in [0.25, 0.3) is 0 Å². The molecule has 0 aliphatic carbocycles. The van der Waals surface area contributed by atoms with Gasteiger partial charge in [-0.1, -0.05) is 50.1 Å². The van der Waals surface area contributed by atoms with E-state index < -0.39 is 6.09 Å². The lowest BCUT2D eigenvalue weighted by atomic mass is 10.2. The van der Waals surface area contributed by atoms with Crippen LogP contribution in [0.3, 0.4) is 0 Å². The smallest absolute Gasteiger partial charge is 0.412 e. The number of carbonyl (C=O) groups is 1. The topological polar surface area (TPSA) is 62.2 Å². The third-order valence-corrected chi connectivity index (χ3v) is 2.27. The molecule has 0 atom stereocenters. The molecule has 92 valence electrons. The maximum atomic E-state index is 11.3. The number of amidine groups is 1. The van der Waals surface area contributed by atoms with Crippen molar-refractivity contribution in [2.45, 2.75) is 26.2 Å². The predicted octanol–water partition coefficient (Wildman–Crippen LogP) is 2.93. The van der Waals surface area contributed by atoms with Crippen molar-refractivity contribution in [1.82, 2.24) is 5.32 Å². The first-order chi connectivity index (χ1) is 8.24. The van der Waals surface area contributed by atoms with Gasteiger partial charge in [-0.25, -0.2) is 4.79 Å². The molecule has 0 spiro atoms. The van der Waals surface area contributed by atoms with Gasteiger partial charge in [-0.2, -0.15) is 0 Å². The van der Waals surface area contributed by atoms with Crippen LogP contribution in [-0.2, 0) is 4.74 Å². The van der Waals surface area contributed by atoms with Crippen molar-refractivity contribution in [3.8, 4) is 0 Å². The van der Waals surface area contributed by atoms with E-state index in [1.54, 1.807) is 12.1 Å². The number of benzene rings is 1. The van der Waals surface area contributed by atoms with Gasteiger partial charge in [0, 0.05) is 5.56 Å². The minimum atomic E-state index is -0.560. The van der Waals surface area contributed by atoms with Crippen LogP contribution in [0.1, 0.15) is 31.7 Å². The molecule has 4 nitrogen and oxygen atoms in total. The number of alkyl carbamates (subject to hydrolysis) is 1. The summed E-state index contributed by atoms with van der Waals surface area (Å²) in [6, 6.07) is 9.02. The Hall–Kier alpha value is -1.84. The zero-order valence-electron chi connectivity index (χ0n) is 10.0. The van der Waals surface area contributed by atoms with E-state index in [2.05, 4.69) is 12.2 Å². The zero-order chi connectivity index (χ0) is 12.5. The number of ether oxygens (including phenoxy) is 1. The van der Waals surface area contributed by atoms with Gasteiger partial charge in [0.05, 0.1) is 6.61 Å². The second-order valence-electron chi connectivity index (χ2n) is 3.71. The molecule has 4 heteroatoms. The van der Waals surface area contributed by atoms with E-state index in [0.717, 1.165) is 19.3 Å². The number of hydrogen-bond acceptors (Lipinski definition) is 3. The van der Waals surface area contributed by atoms with Crippen molar-refractivity contribution in [2.24, 2.45) is 0 Å². The Morgan fingerprint density at radius 2 is 2.00 bits per heavy atom. The minimum absolute atomic E-state index is 0.0612. The van der Waals surface area contributed by atoms with E-state index in [1.165, 1.54) is 0 Å². The molecule has 0 aromatic heterocycles. The molecule has 0 bridgehead atoms. The van der Waals surface area contributed by atoms with Crippen molar-refractivity contribution >= 4 is 11.9 Å². The lowest BCUT2D eigenvalue weighted by molar-refractivity contribution is 0.149. The Bertz CT molecular complexity index is 363. The first-order valence-corrected chi connectivity index (χ1v) is 5.81. The highest BCUT2D eigenvalue weighted by atomic mass is 16.5. The van der Waals surface area contributed by atoms with Crippen LogP contribution >= 0.6 is 0 Å². The minimum Gasteiger partial charge on any atom is -0.449 e. The molecular weight excluding hydrogens is 216 g/mol. The monoisotopic (exact) mass is 234 g/mol. The molecule has 2 N–H and O–H groups in total. The van der Waals surface area contributed by atoms with E-state index in [0.29, 0.717) is 12.2 Å². The molecule has 1 aromatic rings. The summed E-state index contributed by atoms with van der Waals surface area (Å²) in [7, 11) is 0. The lowest BCUT2D eigenvalue weighted by Gasteiger charge is -2.07. The normalized spacial score (nSPS) is 9.71. The molecule has 0 saturated carbocycles. The fraction of sp³-hybridized carbons (Fsp3) is 0.385. The Labute approximate surface area is 101 Å².